The van der Waals surface area contributed by atoms with Gasteiger partial charge in [-0.1, -0.05) is 6.42 Å². The molecule has 1 atom stereocenters. The minimum atomic E-state index is 0.164. The molecule has 112 valence electrons. The van der Waals surface area contributed by atoms with Gasteiger partial charge in [-0.25, -0.2) is 4.98 Å². The summed E-state index contributed by atoms with van der Waals surface area (Å²) in [5, 5.41) is 3.49. The third-order valence-electron chi connectivity index (χ3n) is 3.50. The lowest BCUT2D eigenvalue weighted by Gasteiger charge is -2.29. The van der Waals surface area contributed by atoms with Crippen LogP contribution in [0.3, 0.4) is 0 Å². The first-order chi connectivity index (χ1) is 9.65. The van der Waals surface area contributed by atoms with E-state index >= 15 is 0 Å². The predicted octanol–water partition coefficient (Wildman–Crippen LogP) is 3.16. The summed E-state index contributed by atoms with van der Waals surface area (Å²) >= 11 is 0. The van der Waals surface area contributed by atoms with Crippen LogP contribution in [-0.2, 0) is 0 Å². The maximum Gasteiger partial charge on any atom is 0.169 e. The average Bonchev–Trinajstić information content (AvgIpc) is 2.41. The topological polar surface area (TPSA) is 37.4 Å². The van der Waals surface area contributed by atoms with Gasteiger partial charge in [-0.2, -0.15) is 0 Å². The van der Waals surface area contributed by atoms with Gasteiger partial charge in [0.25, 0.3) is 0 Å². The van der Waals surface area contributed by atoms with Gasteiger partial charge in [-0.3, -0.25) is 0 Å². The van der Waals surface area contributed by atoms with Crippen molar-refractivity contribution in [1.29, 1.82) is 0 Å². The summed E-state index contributed by atoms with van der Waals surface area (Å²) in [4.78, 5) is 6.94. The summed E-state index contributed by atoms with van der Waals surface area (Å²) in [6.45, 7) is 9.80. The van der Waals surface area contributed by atoms with Crippen molar-refractivity contribution in [3.8, 4) is 5.75 Å². The lowest BCUT2D eigenvalue weighted by atomic mass is 10.1. The number of hydrogen-bond donors (Lipinski definition) is 1. The van der Waals surface area contributed by atoms with Crippen molar-refractivity contribution in [1.82, 2.24) is 9.88 Å². The maximum absolute atomic E-state index is 5.80. The fourth-order valence-corrected chi connectivity index (χ4v) is 2.66. The molecule has 0 spiro atoms. The molecule has 4 heteroatoms. The van der Waals surface area contributed by atoms with Crippen molar-refractivity contribution in [3.63, 3.8) is 0 Å². The molecular weight excluding hydrogens is 250 g/mol. The maximum atomic E-state index is 5.80. The molecule has 20 heavy (non-hydrogen) atoms. The van der Waals surface area contributed by atoms with Gasteiger partial charge >= 0.3 is 0 Å². The first-order valence-corrected chi connectivity index (χ1v) is 7.75. The molecule has 1 aromatic rings. The van der Waals surface area contributed by atoms with E-state index in [0.29, 0.717) is 6.04 Å². The highest BCUT2D eigenvalue weighted by Gasteiger charge is 2.15. The lowest BCUT2D eigenvalue weighted by molar-refractivity contribution is 0.222. The van der Waals surface area contributed by atoms with Crippen molar-refractivity contribution in [2.45, 2.75) is 52.2 Å². The molecule has 0 amide bonds. The number of likely N-dealkylation sites (tertiary alicyclic amines) is 1. The third-order valence-corrected chi connectivity index (χ3v) is 3.50. The van der Waals surface area contributed by atoms with Crippen LogP contribution < -0.4 is 10.1 Å². The zero-order valence-corrected chi connectivity index (χ0v) is 12.9. The number of ether oxygens (including phenoxy) is 1. The Kier molecular flexibility index (Phi) is 5.65. The molecule has 0 bridgehead atoms. The Morgan fingerprint density at radius 3 is 2.70 bits per heavy atom. The van der Waals surface area contributed by atoms with Gasteiger partial charge in [0.15, 0.2) is 11.6 Å². The first kappa shape index (κ1) is 15.1. The Balaban J connectivity index is 1.91. The minimum Gasteiger partial charge on any atom is -0.487 e. The summed E-state index contributed by atoms with van der Waals surface area (Å²) in [6, 6.07) is 4.26. The Morgan fingerprint density at radius 2 is 2.00 bits per heavy atom. The fraction of sp³-hybridized carbons (Fsp3) is 0.688. The molecule has 0 aromatic carbocycles. The van der Waals surface area contributed by atoms with E-state index in [4.69, 9.17) is 4.74 Å². The van der Waals surface area contributed by atoms with E-state index < -0.39 is 0 Å². The van der Waals surface area contributed by atoms with E-state index in [1.54, 1.807) is 0 Å². The Bertz CT molecular complexity index is 402. The van der Waals surface area contributed by atoms with Gasteiger partial charge < -0.3 is 15.0 Å². The quantitative estimate of drug-likeness (QED) is 0.866. The van der Waals surface area contributed by atoms with Crippen molar-refractivity contribution < 1.29 is 4.74 Å². The Morgan fingerprint density at radius 1 is 1.25 bits per heavy atom. The molecule has 1 aliphatic rings. The van der Waals surface area contributed by atoms with Crippen molar-refractivity contribution in [3.05, 3.63) is 18.3 Å². The summed E-state index contributed by atoms with van der Waals surface area (Å²) < 4.78 is 5.80. The number of nitrogens with one attached hydrogen (secondary N) is 1. The van der Waals surface area contributed by atoms with E-state index in [-0.39, 0.29) is 6.10 Å². The zero-order valence-electron chi connectivity index (χ0n) is 12.9. The number of aromatic nitrogens is 1. The van der Waals surface area contributed by atoms with Crippen molar-refractivity contribution >= 4 is 5.82 Å². The molecule has 2 heterocycles. The molecule has 2 rings (SSSR count). The average molecular weight is 277 g/mol. The second kappa shape index (κ2) is 7.48. The largest absolute Gasteiger partial charge is 0.487 e. The number of piperidine rings is 1. The Labute approximate surface area is 122 Å². The van der Waals surface area contributed by atoms with E-state index in [9.17, 15) is 0 Å². The van der Waals surface area contributed by atoms with Crippen LogP contribution in [-0.4, -0.2) is 41.7 Å². The molecule has 0 aliphatic carbocycles. The molecule has 4 nitrogen and oxygen atoms in total. The molecule has 0 saturated carbocycles. The molecule has 1 aromatic heterocycles. The van der Waals surface area contributed by atoms with Crippen LogP contribution in [0.4, 0.5) is 5.82 Å². The monoisotopic (exact) mass is 277 g/mol. The predicted molar refractivity (Wildman–Crippen MR) is 83.4 cm³/mol. The SMILES string of the molecule is CC(CN1CCCCC1)Nc1ncccc1OC(C)C. The van der Waals surface area contributed by atoms with Gasteiger partial charge in [0.1, 0.15) is 0 Å². The van der Waals surface area contributed by atoms with Gasteiger partial charge in [0, 0.05) is 18.8 Å². The van der Waals surface area contributed by atoms with E-state index in [2.05, 4.69) is 22.1 Å². The van der Waals surface area contributed by atoms with Gasteiger partial charge in [0.2, 0.25) is 0 Å². The van der Waals surface area contributed by atoms with Crippen LogP contribution in [0.1, 0.15) is 40.0 Å². The standard InChI is InChI=1S/C16H27N3O/c1-13(2)20-15-8-7-9-17-16(15)18-14(3)12-19-10-5-4-6-11-19/h7-9,13-14H,4-6,10-12H2,1-3H3,(H,17,18). The normalized spacial score (nSPS) is 18.0. The molecule has 1 N–H and O–H groups in total. The highest BCUT2D eigenvalue weighted by molar-refractivity contribution is 5.50. The van der Waals surface area contributed by atoms with Gasteiger partial charge in [-0.05, 0) is 58.8 Å². The fourth-order valence-electron chi connectivity index (χ4n) is 2.66. The van der Waals surface area contributed by atoms with Crippen molar-refractivity contribution in [2.75, 3.05) is 25.0 Å². The van der Waals surface area contributed by atoms with E-state index in [0.717, 1.165) is 18.1 Å². The minimum absolute atomic E-state index is 0.164. The molecule has 0 radical (unpaired) electrons. The van der Waals surface area contributed by atoms with Crippen LogP contribution >= 0.6 is 0 Å². The smallest absolute Gasteiger partial charge is 0.169 e. The van der Waals surface area contributed by atoms with Crippen molar-refractivity contribution in [2.24, 2.45) is 0 Å². The number of rotatable bonds is 6. The molecule has 1 aliphatic heterocycles. The number of nitrogens with zero attached hydrogens (tertiary/aromatic N) is 2. The summed E-state index contributed by atoms with van der Waals surface area (Å²) in [5.74, 6) is 1.69. The lowest BCUT2D eigenvalue weighted by Crippen LogP contribution is -2.38. The van der Waals surface area contributed by atoms with Crippen LogP contribution in [0.25, 0.3) is 0 Å². The molecular formula is C16H27N3O. The van der Waals surface area contributed by atoms with E-state index in [1.807, 2.05) is 32.2 Å². The Hall–Kier alpha value is -1.29. The van der Waals surface area contributed by atoms with Gasteiger partial charge in [-0.15, -0.1) is 0 Å². The van der Waals surface area contributed by atoms with Crippen LogP contribution in [0.5, 0.6) is 5.75 Å². The molecule has 1 fully saturated rings. The number of pyridine rings is 1. The van der Waals surface area contributed by atoms with Crippen LogP contribution in [0.2, 0.25) is 0 Å². The highest BCUT2D eigenvalue weighted by atomic mass is 16.5. The van der Waals surface area contributed by atoms with Crippen LogP contribution in [0.15, 0.2) is 18.3 Å². The second-order valence-electron chi connectivity index (χ2n) is 5.92. The summed E-state index contributed by atoms with van der Waals surface area (Å²) in [6.07, 6.45) is 6.02. The molecule has 1 unspecified atom stereocenters. The second-order valence-corrected chi connectivity index (χ2v) is 5.92. The summed E-state index contributed by atoms with van der Waals surface area (Å²) in [5.41, 5.74) is 0. The van der Waals surface area contributed by atoms with Gasteiger partial charge in [0.05, 0.1) is 6.10 Å². The summed E-state index contributed by atoms with van der Waals surface area (Å²) in [7, 11) is 0. The highest BCUT2D eigenvalue weighted by Crippen LogP contribution is 2.23. The molecule has 1 saturated heterocycles. The number of anilines is 1. The van der Waals surface area contributed by atoms with Crippen LogP contribution in [0, 0.1) is 0 Å². The zero-order chi connectivity index (χ0) is 14.4. The third kappa shape index (κ3) is 4.67. The number of hydrogen-bond acceptors (Lipinski definition) is 4. The first-order valence-electron chi connectivity index (χ1n) is 7.75. The van der Waals surface area contributed by atoms with E-state index in [1.165, 1.54) is 32.4 Å².